The minimum atomic E-state index is -3.16. The molecule has 29 heavy (non-hydrogen) atoms. The fourth-order valence-electron chi connectivity index (χ4n) is 4.31. The van der Waals surface area contributed by atoms with Gasteiger partial charge in [0.1, 0.15) is 0 Å². The lowest BCUT2D eigenvalue weighted by Gasteiger charge is -2.21. The third-order valence-corrected chi connectivity index (χ3v) is 8.52. The van der Waals surface area contributed by atoms with E-state index in [1.807, 2.05) is 42.5 Å². The molecule has 0 aromatic heterocycles. The van der Waals surface area contributed by atoms with Gasteiger partial charge in [-0.25, -0.2) is 8.42 Å². The molecule has 2 aliphatic carbocycles. The lowest BCUT2D eigenvalue weighted by atomic mass is 10.0. The molecule has 6 heteroatoms. The molecule has 2 aromatic carbocycles. The van der Waals surface area contributed by atoms with Crippen molar-refractivity contribution in [3.8, 4) is 0 Å². The number of nitrogens with one attached hydrogen (secondary N) is 1. The largest absolute Gasteiger partial charge is 0.326 e. The molecular formula is C23H26ClNO3S. The van der Waals surface area contributed by atoms with Gasteiger partial charge in [0.25, 0.3) is 0 Å². The van der Waals surface area contributed by atoms with Crippen molar-refractivity contribution in [3.05, 3.63) is 64.7 Å². The molecule has 2 saturated carbocycles. The topological polar surface area (TPSA) is 63.2 Å². The van der Waals surface area contributed by atoms with Crippen molar-refractivity contribution < 1.29 is 13.2 Å². The van der Waals surface area contributed by atoms with Crippen molar-refractivity contribution in [1.29, 1.82) is 0 Å². The van der Waals surface area contributed by atoms with E-state index in [0.717, 1.165) is 49.7 Å². The first kappa shape index (κ1) is 20.4. The average Bonchev–Trinajstić information content (AvgIpc) is 3.50. The summed E-state index contributed by atoms with van der Waals surface area (Å²) in [5.41, 5.74) is 2.52. The zero-order valence-electron chi connectivity index (χ0n) is 16.3. The second kappa shape index (κ2) is 8.49. The van der Waals surface area contributed by atoms with Gasteiger partial charge in [-0.05, 0) is 60.6 Å². The molecule has 2 atom stereocenters. The number of hydrogen-bond acceptors (Lipinski definition) is 3. The average molecular weight is 432 g/mol. The van der Waals surface area contributed by atoms with E-state index in [9.17, 15) is 13.2 Å². The molecular weight excluding hydrogens is 406 g/mol. The number of carbonyl (C=O) groups is 1. The predicted molar refractivity (Wildman–Crippen MR) is 117 cm³/mol. The van der Waals surface area contributed by atoms with Crippen LogP contribution >= 0.6 is 11.6 Å². The zero-order valence-corrected chi connectivity index (χ0v) is 17.9. The third-order valence-electron chi connectivity index (χ3n) is 6.05. The lowest BCUT2D eigenvalue weighted by Crippen LogP contribution is -2.25. The maximum atomic E-state index is 12.7. The summed E-state index contributed by atoms with van der Waals surface area (Å²) in [5, 5.41) is 3.43. The molecule has 4 nitrogen and oxygen atoms in total. The van der Waals surface area contributed by atoms with Gasteiger partial charge in [-0.3, -0.25) is 4.79 Å². The van der Waals surface area contributed by atoms with Gasteiger partial charge in [0.05, 0.1) is 11.0 Å². The Morgan fingerprint density at radius 2 is 1.76 bits per heavy atom. The second-order valence-corrected chi connectivity index (χ2v) is 11.0. The summed E-state index contributed by atoms with van der Waals surface area (Å²) in [5.74, 6) is 0.197. The molecule has 2 fully saturated rings. The summed E-state index contributed by atoms with van der Waals surface area (Å²) < 4.78 is 25.5. The Morgan fingerprint density at radius 1 is 1.03 bits per heavy atom. The zero-order chi connectivity index (χ0) is 20.4. The molecule has 0 aliphatic heterocycles. The van der Waals surface area contributed by atoms with Gasteiger partial charge in [0.15, 0.2) is 9.84 Å². The Kier molecular flexibility index (Phi) is 5.98. The van der Waals surface area contributed by atoms with E-state index in [4.69, 9.17) is 11.6 Å². The van der Waals surface area contributed by atoms with Crippen LogP contribution in [0.2, 0.25) is 5.02 Å². The second-order valence-electron chi connectivity index (χ2n) is 8.26. The van der Waals surface area contributed by atoms with Gasteiger partial charge >= 0.3 is 0 Å². The first-order valence-electron chi connectivity index (χ1n) is 10.3. The van der Waals surface area contributed by atoms with E-state index in [1.165, 1.54) is 0 Å². The molecule has 4 rings (SSSR count). The van der Waals surface area contributed by atoms with E-state index < -0.39 is 9.84 Å². The highest BCUT2D eigenvalue weighted by atomic mass is 35.5. The SMILES string of the molecule is O=C(Nc1cccc(CS(=O)(=O)C2CCCCC2)c1)C1CC1c1ccc(Cl)cc1. The molecule has 0 saturated heterocycles. The van der Waals surface area contributed by atoms with E-state index in [1.54, 1.807) is 6.07 Å². The van der Waals surface area contributed by atoms with Crippen LogP contribution in [0.3, 0.4) is 0 Å². The van der Waals surface area contributed by atoms with Gasteiger partial charge in [-0.2, -0.15) is 0 Å². The Balaban J connectivity index is 1.38. The molecule has 0 bridgehead atoms. The summed E-state index contributed by atoms with van der Waals surface area (Å²) in [6.07, 6.45) is 5.49. The molecule has 2 aliphatic rings. The van der Waals surface area contributed by atoms with Crippen LogP contribution in [0.4, 0.5) is 5.69 Å². The highest BCUT2D eigenvalue weighted by molar-refractivity contribution is 7.91. The summed E-state index contributed by atoms with van der Waals surface area (Å²) in [4.78, 5) is 12.6. The Morgan fingerprint density at radius 3 is 2.48 bits per heavy atom. The van der Waals surface area contributed by atoms with Crippen LogP contribution in [0.25, 0.3) is 0 Å². The van der Waals surface area contributed by atoms with Crippen LogP contribution in [0, 0.1) is 5.92 Å². The van der Waals surface area contributed by atoms with Gasteiger partial charge in [0.2, 0.25) is 5.91 Å². The Bertz CT molecular complexity index is 981. The summed E-state index contributed by atoms with van der Waals surface area (Å²) in [6, 6.07) is 14.9. The van der Waals surface area contributed by atoms with Crippen LogP contribution in [-0.4, -0.2) is 19.6 Å². The van der Waals surface area contributed by atoms with Crippen LogP contribution in [0.1, 0.15) is 55.6 Å². The number of benzene rings is 2. The molecule has 2 aromatic rings. The maximum Gasteiger partial charge on any atom is 0.228 e. The number of carbonyl (C=O) groups excluding carboxylic acids is 1. The quantitative estimate of drug-likeness (QED) is 0.672. The lowest BCUT2D eigenvalue weighted by molar-refractivity contribution is -0.117. The first-order valence-corrected chi connectivity index (χ1v) is 12.4. The summed E-state index contributed by atoms with van der Waals surface area (Å²) in [6.45, 7) is 0. The van der Waals surface area contributed by atoms with Gasteiger partial charge in [-0.15, -0.1) is 0 Å². The van der Waals surface area contributed by atoms with Gasteiger partial charge in [-0.1, -0.05) is 55.1 Å². The van der Waals surface area contributed by atoms with Crippen LogP contribution in [0.5, 0.6) is 0 Å². The van der Waals surface area contributed by atoms with E-state index >= 15 is 0 Å². The van der Waals surface area contributed by atoms with Crippen molar-refractivity contribution in [3.63, 3.8) is 0 Å². The van der Waals surface area contributed by atoms with Crippen molar-refractivity contribution in [2.75, 3.05) is 5.32 Å². The maximum absolute atomic E-state index is 12.7. The van der Waals surface area contributed by atoms with E-state index in [-0.39, 0.29) is 28.7 Å². The Labute approximate surface area is 177 Å². The number of hydrogen-bond donors (Lipinski definition) is 1. The first-order chi connectivity index (χ1) is 13.9. The number of anilines is 1. The summed E-state index contributed by atoms with van der Waals surface area (Å²) in [7, 11) is -3.16. The van der Waals surface area contributed by atoms with Crippen molar-refractivity contribution in [2.45, 2.75) is 55.4 Å². The minimum absolute atomic E-state index is 0.0164. The van der Waals surface area contributed by atoms with Crippen molar-refractivity contribution >= 4 is 33.0 Å². The van der Waals surface area contributed by atoms with E-state index in [2.05, 4.69) is 5.32 Å². The number of amides is 1. The van der Waals surface area contributed by atoms with Gasteiger partial charge in [0, 0.05) is 16.6 Å². The fourth-order valence-corrected chi connectivity index (χ4v) is 6.37. The van der Waals surface area contributed by atoms with Crippen LogP contribution in [-0.2, 0) is 20.4 Å². The Hall–Kier alpha value is -1.85. The third kappa shape index (κ3) is 5.01. The molecule has 1 N–H and O–H groups in total. The van der Waals surface area contributed by atoms with E-state index in [0.29, 0.717) is 10.7 Å². The number of sulfone groups is 1. The van der Waals surface area contributed by atoms with Crippen molar-refractivity contribution in [1.82, 2.24) is 0 Å². The molecule has 0 spiro atoms. The molecule has 0 radical (unpaired) electrons. The fraction of sp³-hybridized carbons (Fsp3) is 0.435. The standard InChI is InChI=1S/C23H26ClNO3S/c24-18-11-9-17(10-12-18)21-14-22(21)23(26)25-19-6-4-5-16(13-19)15-29(27,28)20-7-2-1-3-8-20/h4-6,9-13,20-22H,1-3,7-8,14-15H2,(H,25,26). The molecule has 2 unspecified atom stereocenters. The number of rotatable bonds is 6. The summed E-state index contributed by atoms with van der Waals surface area (Å²) >= 11 is 5.93. The molecule has 154 valence electrons. The molecule has 0 heterocycles. The smallest absolute Gasteiger partial charge is 0.228 e. The van der Waals surface area contributed by atoms with Crippen LogP contribution < -0.4 is 5.32 Å². The minimum Gasteiger partial charge on any atom is -0.326 e. The van der Waals surface area contributed by atoms with Crippen LogP contribution in [0.15, 0.2) is 48.5 Å². The highest BCUT2D eigenvalue weighted by Gasteiger charge is 2.43. The number of halogens is 1. The monoisotopic (exact) mass is 431 g/mol. The normalized spacial score (nSPS) is 22.2. The highest BCUT2D eigenvalue weighted by Crippen LogP contribution is 2.48. The molecule has 1 amide bonds. The van der Waals surface area contributed by atoms with Crippen molar-refractivity contribution in [2.24, 2.45) is 5.92 Å². The van der Waals surface area contributed by atoms with Gasteiger partial charge < -0.3 is 5.32 Å². The predicted octanol–water partition coefficient (Wildman–Crippen LogP) is 5.33.